The predicted octanol–water partition coefficient (Wildman–Crippen LogP) is 4.70. The van der Waals surface area contributed by atoms with Crippen LogP contribution in [0.1, 0.15) is 61.8 Å². The maximum absolute atomic E-state index is 6.60. The molecular formula is C13H30ClNSi. The Kier molecular flexibility index (Phi) is 5.57. The normalized spacial score (nSPS) is 16.3. The first-order valence-electron chi connectivity index (χ1n) is 6.39. The molecule has 0 saturated heterocycles. The van der Waals surface area contributed by atoms with E-state index in [-0.39, 0.29) is 15.1 Å². The number of hydrogen-bond acceptors (Lipinski definition) is 1. The second kappa shape index (κ2) is 5.41. The number of hydrogen-bond donors (Lipinski definition) is 1. The van der Waals surface area contributed by atoms with E-state index in [9.17, 15) is 0 Å². The van der Waals surface area contributed by atoms with Crippen molar-refractivity contribution in [1.29, 1.82) is 0 Å². The van der Waals surface area contributed by atoms with Crippen LogP contribution in [-0.2, 0) is 0 Å². The topological polar surface area (TPSA) is 12.0 Å². The quantitative estimate of drug-likeness (QED) is 0.573. The molecule has 0 heterocycles. The van der Waals surface area contributed by atoms with Crippen molar-refractivity contribution < 1.29 is 0 Å². The molecule has 16 heavy (non-hydrogen) atoms. The highest BCUT2D eigenvalue weighted by Crippen LogP contribution is 2.52. The minimum Gasteiger partial charge on any atom is -0.335 e. The summed E-state index contributed by atoms with van der Waals surface area (Å²) in [6.45, 7) is 19.5. The van der Waals surface area contributed by atoms with Gasteiger partial charge in [0.15, 0.2) is 8.24 Å². The van der Waals surface area contributed by atoms with Crippen molar-refractivity contribution in [2.45, 2.75) is 76.9 Å². The summed E-state index contributed by atoms with van der Waals surface area (Å²) in [5.74, 6) is 0. The van der Waals surface area contributed by atoms with E-state index in [1.165, 1.54) is 6.42 Å². The molecule has 0 aromatic heterocycles. The zero-order valence-corrected chi connectivity index (χ0v) is 14.1. The van der Waals surface area contributed by atoms with Crippen LogP contribution < -0.4 is 4.98 Å². The van der Waals surface area contributed by atoms with Crippen LogP contribution in [0.15, 0.2) is 0 Å². The van der Waals surface area contributed by atoms with Gasteiger partial charge in [0.05, 0.1) is 0 Å². The summed E-state index contributed by atoms with van der Waals surface area (Å²) < 4.78 is 0. The minimum absolute atomic E-state index is 0.235. The van der Waals surface area contributed by atoms with Crippen LogP contribution in [0.4, 0.5) is 0 Å². The molecule has 3 heteroatoms. The van der Waals surface area contributed by atoms with Gasteiger partial charge in [0.1, 0.15) is 0 Å². The Morgan fingerprint density at radius 1 is 1.06 bits per heavy atom. The lowest BCUT2D eigenvalue weighted by molar-refractivity contribution is 0.566. The summed E-state index contributed by atoms with van der Waals surface area (Å²) in [6, 6.07) is 0. The van der Waals surface area contributed by atoms with Crippen LogP contribution in [0, 0.1) is 0 Å². The van der Waals surface area contributed by atoms with E-state index in [1.807, 2.05) is 0 Å². The highest BCUT2D eigenvalue weighted by molar-refractivity contribution is 6.89. The fraction of sp³-hybridized carbons (Fsp3) is 1.00. The highest BCUT2D eigenvalue weighted by Gasteiger charge is 2.55. The standard InChI is InChI=1S/C13H30ClNSi/c1-9-10-15-16(11(2)14,12(3,4)5)13(6,7)8/h11,15H,9-10H2,1-8H3. The molecule has 0 rings (SSSR count). The molecule has 1 nitrogen and oxygen atoms in total. The Hall–Kier alpha value is 0.467. The number of nitrogens with one attached hydrogen (secondary N) is 1. The zero-order chi connectivity index (χ0) is 13.2. The van der Waals surface area contributed by atoms with Crippen LogP contribution in [0.2, 0.25) is 10.1 Å². The van der Waals surface area contributed by atoms with E-state index in [1.54, 1.807) is 0 Å². The number of alkyl halides is 1. The molecule has 0 fully saturated rings. The molecule has 1 N–H and O–H groups in total. The molecule has 1 unspecified atom stereocenters. The minimum atomic E-state index is -1.78. The molecule has 98 valence electrons. The van der Waals surface area contributed by atoms with Crippen molar-refractivity contribution in [3.63, 3.8) is 0 Å². The van der Waals surface area contributed by atoms with E-state index in [2.05, 4.69) is 60.4 Å². The summed E-state index contributed by atoms with van der Waals surface area (Å²) in [6.07, 6.45) is 1.17. The van der Waals surface area contributed by atoms with Crippen molar-refractivity contribution in [2.24, 2.45) is 0 Å². The van der Waals surface area contributed by atoms with Crippen molar-refractivity contribution in [1.82, 2.24) is 4.98 Å². The second-order valence-electron chi connectivity index (χ2n) is 6.85. The van der Waals surface area contributed by atoms with Crippen LogP contribution in [0.3, 0.4) is 0 Å². The van der Waals surface area contributed by atoms with Gasteiger partial charge in [-0.15, -0.1) is 11.6 Å². The van der Waals surface area contributed by atoms with Gasteiger partial charge in [0, 0.05) is 5.00 Å². The lowest BCUT2D eigenvalue weighted by Gasteiger charge is -2.54. The zero-order valence-electron chi connectivity index (χ0n) is 12.4. The highest BCUT2D eigenvalue weighted by atomic mass is 35.5. The lowest BCUT2D eigenvalue weighted by Crippen LogP contribution is -2.68. The average Bonchev–Trinajstić information content (AvgIpc) is 1.99. The Morgan fingerprint density at radius 3 is 1.62 bits per heavy atom. The smallest absolute Gasteiger partial charge is 0.154 e. The molecule has 0 aliphatic rings. The fourth-order valence-electron chi connectivity index (χ4n) is 3.31. The summed E-state index contributed by atoms with van der Waals surface area (Å²) >= 11 is 6.60. The Labute approximate surface area is 108 Å². The maximum Gasteiger partial charge on any atom is 0.154 e. The van der Waals surface area contributed by atoms with E-state index >= 15 is 0 Å². The summed E-state index contributed by atoms with van der Waals surface area (Å²) in [4.78, 5) is 3.87. The summed E-state index contributed by atoms with van der Waals surface area (Å²) in [7, 11) is -1.78. The van der Waals surface area contributed by atoms with E-state index < -0.39 is 8.24 Å². The third-order valence-electron chi connectivity index (χ3n) is 3.62. The third-order valence-corrected chi connectivity index (χ3v) is 11.3. The van der Waals surface area contributed by atoms with E-state index in [0.29, 0.717) is 0 Å². The first-order valence-corrected chi connectivity index (χ1v) is 8.91. The van der Waals surface area contributed by atoms with Gasteiger partial charge in [-0.05, 0) is 30.0 Å². The summed E-state index contributed by atoms with van der Waals surface area (Å²) in [5.41, 5.74) is 0. The fourth-order valence-corrected chi connectivity index (χ4v) is 12.1. The van der Waals surface area contributed by atoms with Gasteiger partial charge in [-0.3, -0.25) is 0 Å². The van der Waals surface area contributed by atoms with Crippen LogP contribution in [0.25, 0.3) is 0 Å². The molecule has 1 atom stereocenters. The summed E-state index contributed by atoms with van der Waals surface area (Å²) in [5, 5.41) is 0.766. The first kappa shape index (κ1) is 16.5. The van der Waals surface area contributed by atoms with Gasteiger partial charge in [-0.2, -0.15) is 0 Å². The molecule has 0 spiro atoms. The Balaban J connectivity index is 5.42. The van der Waals surface area contributed by atoms with Gasteiger partial charge >= 0.3 is 0 Å². The van der Waals surface area contributed by atoms with Crippen LogP contribution >= 0.6 is 11.6 Å². The van der Waals surface area contributed by atoms with Crippen LogP contribution in [-0.4, -0.2) is 19.8 Å². The van der Waals surface area contributed by atoms with Crippen molar-refractivity contribution >= 4 is 19.8 Å². The molecule has 0 radical (unpaired) electrons. The first-order chi connectivity index (χ1) is 7.00. The Bertz CT molecular complexity index is 199. The van der Waals surface area contributed by atoms with E-state index in [0.717, 1.165) is 6.54 Å². The molecule has 0 aliphatic heterocycles. The van der Waals surface area contributed by atoms with Gasteiger partial charge < -0.3 is 4.98 Å². The Morgan fingerprint density at radius 2 is 1.44 bits per heavy atom. The largest absolute Gasteiger partial charge is 0.335 e. The number of rotatable bonds is 4. The molecule has 0 aromatic rings. The third kappa shape index (κ3) is 3.02. The molecule has 0 amide bonds. The molecular weight excluding hydrogens is 234 g/mol. The van der Waals surface area contributed by atoms with Crippen molar-refractivity contribution in [3.05, 3.63) is 0 Å². The number of halogens is 1. The SMILES string of the molecule is CCCN[Si](C(C)Cl)(C(C)(C)C)C(C)(C)C. The molecule has 0 aliphatic carbocycles. The lowest BCUT2D eigenvalue weighted by atomic mass is 10.2. The van der Waals surface area contributed by atoms with E-state index in [4.69, 9.17) is 11.6 Å². The monoisotopic (exact) mass is 263 g/mol. The molecule has 0 saturated carbocycles. The molecule has 0 bridgehead atoms. The van der Waals surface area contributed by atoms with Crippen molar-refractivity contribution in [2.75, 3.05) is 6.54 Å². The van der Waals surface area contributed by atoms with Gasteiger partial charge in [-0.25, -0.2) is 0 Å². The second-order valence-corrected chi connectivity index (χ2v) is 13.7. The van der Waals surface area contributed by atoms with Crippen molar-refractivity contribution in [3.8, 4) is 0 Å². The van der Waals surface area contributed by atoms with Crippen LogP contribution in [0.5, 0.6) is 0 Å². The molecule has 0 aromatic carbocycles. The van der Waals surface area contributed by atoms with Gasteiger partial charge in [-0.1, -0.05) is 48.5 Å². The maximum atomic E-state index is 6.60. The van der Waals surface area contributed by atoms with Gasteiger partial charge in [0.2, 0.25) is 0 Å². The average molecular weight is 264 g/mol. The predicted molar refractivity (Wildman–Crippen MR) is 78.8 cm³/mol. The van der Waals surface area contributed by atoms with Gasteiger partial charge in [0.25, 0.3) is 0 Å².